The summed E-state index contributed by atoms with van der Waals surface area (Å²) in [7, 11) is 0. The van der Waals surface area contributed by atoms with Crippen LogP contribution in [0.2, 0.25) is 0 Å². The monoisotopic (exact) mass is 373 g/mol. The average Bonchev–Trinajstić information content (AvgIpc) is 3.28. The topological polar surface area (TPSA) is 69.9 Å². The quantitative estimate of drug-likeness (QED) is 0.821. The van der Waals surface area contributed by atoms with Crippen LogP contribution in [-0.4, -0.2) is 69.0 Å². The number of pyridine rings is 1. The SMILES string of the molecule is CSNC1CCN(C2CCCN(C(=O)c3cccn4cncc34)C2)C1=O. The molecule has 4 heterocycles. The van der Waals surface area contributed by atoms with Crippen molar-refractivity contribution in [1.82, 2.24) is 23.9 Å². The zero-order valence-electron chi connectivity index (χ0n) is 14.8. The van der Waals surface area contributed by atoms with Crippen LogP contribution in [0.5, 0.6) is 0 Å². The number of rotatable bonds is 4. The lowest BCUT2D eigenvalue weighted by Gasteiger charge is -2.37. The van der Waals surface area contributed by atoms with Crippen molar-refractivity contribution in [3.63, 3.8) is 0 Å². The van der Waals surface area contributed by atoms with Gasteiger partial charge in [-0.05, 0) is 37.7 Å². The maximum Gasteiger partial charge on any atom is 0.256 e. The molecule has 2 aromatic heterocycles. The van der Waals surface area contributed by atoms with Crippen LogP contribution in [0.15, 0.2) is 30.9 Å². The lowest BCUT2D eigenvalue weighted by molar-refractivity contribution is -0.131. The predicted molar refractivity (Wildman–Crippen MR) is 101 cm³/mol. The molecule has 2 amide bonds. The maximum absolute atomic E-state index is 13.1. The van der Waals surface area contributed by atoms with Gasteiger partial charge in [-0.25, -0.2) is 4.98 Å². The first kappa shape index (κ1) is 17.4. The molecule has 0 aromatic carbocycles. The van der Waals surface area contributed by atoms with Crippen molar-refractivity contribution in [2.45, 2.75) is 31.3 Å². The molecule has 0 bridgehead atoms. The van der Waals surface area contributed by atoms with Gasteiger partial charge in [0.1, 0.15) is 0 Å². The molecule has 138 valence electrons. The van der Waals surface area contributed by atoms with Crippen LogP contribution in [0, 0.1) is 0 Å². The molecule has 26 heavy (non-hydrogen) atoms. The predicted octanol–water partition coefficient (Wildman–Crippen LogP) is 1.41. The van der Waals surface area contributed by atoms with E-state index in [1.807, 2.05) is 38.8 Å². The van der Waals surface area contributed by atoms with Crippen molar-refractivity contribution in [3.8, 4) is 0 Å². The minimum Gasteiger partial charge on any atom is -0.337 e. The third kappa shape index (κ3) is 3.07. The summed E-state index contributed by atoms with van der Waals surface area (Å²) in [5.41, 5.74) is 1.49. The molecule has 8 heteroatoms. The van der Waals surface area contributed by atoms with Gasteiger partial charge in [0, 0.05) is 31.9 Å². The number of carbonyl (C=O) groups excluding carboxylic acids is 2. The van der Waals surface area contributed by atoms with Crippen LogP contribution in [0.3, 0.4) is 0 Å². The van der Waals surface area contributed by atoms with Crippen molar-refractivity contribution in [2.75, 3.05) is 25.9 Å². The van der Waals surface area contributed by atoms with E-state index in [1.165, 1.54) is 11.9 Å². The Morgan fingerprint density at radius 2 is 2.23 bits per heavy atom. The fourth-order valence-corrected chi connectivity index (χ4v) is 4.51. The number of carbonyl (C=O) groups is 2. The minimum absolute atomic E-state index is 0.0197. The van der Waals surface area contributed by atoms with Crippen LogP contribution in [0.25, 0.3) is 5.52 Å². The van der Waals surface area contributed by atoms with Gasteiger partial charge in [0.25, 0.3) is 5.91 Å². The maximum atomic E-state index is 13.1. The van der Waals surface area contributed by atoms with Crippen molar-refractivity contribution in [1.29, 1.82) is 0 Å². The van der Waals surface area contributed by atoms with Gasteiger partial charge in [0.15, 0.2) is 0 Å². The third-order valence-electron chi connectivity index (χ3n) is 5.31. The summed E-state index contributed by atoms with van der Waals surface area (Å²) in [6, 6.07) is 3.73. The molecule has 0 spiro atoms. The molecule has 1 N–H and O–H groups in total. The highest BCUT2D eigenvalue weighted by Crippen LogP contribution is 2.24. The third-order valence-corrected chi connectivity index (χ3v) is 5.83. The van der Waals surface area contributed by atoms with Crippen molar-refractivity contribution >= 4 is 29.3 Å². The van der Waals surface area contributed by atoms with Crippen LogP contribution in [0.4, 0.5) is 0 Å². The molecule has 2 unspecified atom stereocenters. The first-order valence-corrected chi connectivity index (χ1v) is 10.2. The van der Waals surface area contributed by atoms with Crippen molar-refractivity contribution < 1.29 is 9.59 Å². The molecule has 4 rings (SSSR count). The van der Waals surface area contributed by atoms with Gasteiger partial charge >= 0.3 is 0 Å². The zero-order valence-corrected chi connectivity index (χ0v) is 15.6. The average molecular weight is 373 g/mol. The highest BCUT2D eigenvalue weighted by atomic mass is 32.2. The number of nitrogens with zero attached hydrogens (tertiary/aromatic N) is 4. The highest BCUT2D eigenvalue weighted by molar-refractivity contribution is 7.96. The van der Waals surface area contributed by atoms with E-state index in [0.717, 1.165) is 37.9 Å². The summed E-state index contributed by atoms with van der Waals surface area (Å²) >= 11 is 1.49. The van der Waals surface area contributed by atoms with E-state index in [4.69, 9.17) is 0 Å². The van der Waals surface area contributed by atoms with Gasteiger partial charge in [0.05, 0.1) is 29.6 Å². The van der Waals surface area contributed by atoms with E-state index in [0.29, 0.717) is 12.1 Å². The van der Waals surface area contributed by atoms with Gasteiger partial charge in [-0.3, -0.25) is 14.3 Å². The number of aromatic nitrogens is 2. The fraction of sp³-hybridized carbons (Fsp3) is 0.500. The number of piperidine rings is 1. The van der Waals surface area contributed by atoms with Gasteiger partial charge in [-0.1, -0.05) is 11.9 Å². The molecular formula is C18H23N5O2S. The number of fused-ring (bicyclic) bond motifs is 1. The van der Waals surface area contributed by atoms with Crippen molar-refractivity contribution in [2.24, 2.45) is 0 Å². The van der Waals surface area contributed by atoms with E-state index in [-0.39, 0.29) is 23.9 Å². The molecule has 2 fully saturated rings. The Kier molecular flexibility index (Phi) is 4.86. The second-order valence-corrected chi connectivity index (χ2v) is 7.49. The molecule has 2 aliphatic heterocycles. The molecule has 2 atom stereocenters. The van der Waals surface area contributed by atoms with Gasteiger partial charge in [0.2, 0.25) is 5.91 Å². The minimum atomic E-state index is -0.100. The molecular weight excluding hydrogens is 350 g/mol. The van der Waals surface area contributed by atoms with Crippen LogP contribution in [0.1, 0.15) is 29.6 Å². The van der Waals surface area contributed by atoms with E-state index in [2.05, 4.69) is 9.71 Å². The molecule has 0 aliphatic carbocycles. The van der Waals surface area contributed by atoms with E-state index < -0.39 is 0 Å². The highest BCUT2D eigenvalue weighted by Gasteiger charge is 2.38. The smallest absolute Gasteiger partial charge is 0.256 e. The van der Waals surface area contributed by atoms with Crippen molar-refractivity contribution in [3.05, 3.63) is 36.4 Å². The van der Waals surface area contributed by atoms with E-state index >= 15 is 0 Å². The molecule has 7 nitrogen and oxygen atoms in total. The number of hydrogen-bond donors (Lipinski definition) is 1. The second kappa shape index (κ2) is 7.28. The largest absolute Gasteiger partial charge is 0.337 e. The zero-order chi connectivity index (χ0) is 18.1. The van der Waals surface area contributed by atoms with E-state index in [1.54, 1.807) is 12.5 Å². The Labute approximate surface area is 156 Å². The number of likely N-dealkylation sites (tertiary alicyclic amines) is 2. The molecule has 2 aromatic rings. The molecule has 0 radical (unpaired) electrons. The van der Waals surface area contributed by atoms with Crippen LogP contribution >= 0.6 is 11.9 Å². The summed E-state index contributed by atoms with van der Waals surface area (Å²) in [5.74, 6) is 0.183. The summed E-state index contributed by atoms with van der Waals surface area (Å²) in [6.07, 6.45) is 9.96. The van der Waals surface area contributed by atoms with Crippen LogP contribution in [-0.2, 0) is 4.79 Å². The number of amides is 2. The Morgan fingerprint density at radius 1 is 1.35 bits per heavy atom. The van der Waals surface area contributed by atoms with Gasteiger partial charge in [-0.2, -0.15) is 0 Å². The molecule has 0 saturated carbocycles. The number of hydrogen-bond acceptors (Lipinski definition) is 5. The molecule has 2 saturated heterocycles. The van der Waals surface area contributed by atoms with E-state index in [9.17, 15) is 9.59 Å². The fourth-order valence-electron chi connectivity index (χ4n) is 4.01. The summed E-state index contributed by atoms with van der Waals surface area (Å²) in [6.45, 7) is 2.10. The Balaban J connectivity index is 1.49. The summed E-state index contributed by atoms with van der Waals surface area (Å²) < 4.78 is 5.03. The number of nitrogens with one attached hydrogen (secondary N) is 1. The lowest BCUT2D eigenvalue weighted by atomic mass is 10.0. The first-order chi connectivity index (χ1) is 12.7. The lowest BCUT2D eigenvalue weighted by Crippen LogP contribution is -2.51. The standard InChI is InChI=1S/C18H23N5O2S/c1-26-20-15-6-9-23(18(15)25)13-4-2-7-21(11-13)17(24)14-5-3-8-22-12-19-10-16(14)22/h3,5,8,10,12-13,15,20H,2,4,6-7,9,11H2,1H3. The Bertz CT molecular complexity index is 823. The van der Waals surface area contributed by atoms with Gasteiger partial charge in [-0.15, -0.1) is 0 Å². The summed E-state index contributed by atoms with van der Waals surface area (Å²) in [4.78, 5) is 33.7. The Hall–Kier alpha value is -2.06. The summed E-state index contributed by atoms with van der Waals surface area (Å²) in [5, 5.41) is 0. The molecule has 2 aliphatic rings. The first-order valence-electron chi connectivity index (χ1n) is 8.98. The van der Waals surface area contributed by atoms with Gasteiger partial charge < -0.3 is 14.2 Å². The van der Waals surface area contributed by atoms with Crippen LogP contribution < -0.4 is 4.72 Å². The number of imidazole rings is 1. The normalized spacial score (nSPS) is 23.8. The Morgan fingerprint density at radius 3 is 3.08 bits per heavy atom. The second-order valence-electron chi connectivity index (χ2n) is 6.85.